The number of hydrogen-bond donors (Lipinski definition) is 1. The van der Waals surface area contributed by atoms with Crippen LogP contribution in [0.15, 0.2) is 47.4 Å². The number of hydrogen-bond acceptors (Lipinski definition) is 6. The predicted molar refractivity (Wildman–Crippen MR) is 99.1 cm³/mol. The predicted octanol–water partition coefficient (Wildman–Crippen LogP) is 2.39. The molecule has 28 heavy (non-hydrogen) atoms. The van der Waals surface area contributed by atoms with Crippen molar-refractivity contribution in [2.24, 2.45) is 0 Å². The average molecular weight is 411 g/mol. The van der Waals surface area contributed by atoms with Gasteiger partial charge in [-0.15, -0.1) is 0 Å². The third-order valence-electron chi connectivity index (χ3n) is 3.67. The van der Waals surface area contributed by atoms with E-state index in [0.717, 1.165) is 22.5 Å². The van der Waals surface area contributed by atoms with E-state index in [0.29, 0.717) is 0 Å². The maximum atomic E-state index is 13.4. The van der Waals surface area contributed by atoms with E-state index < -0.39 is 44.2 Å². The van der Waals surface area contributed by atoms with E-state index in [1.807, 2.05) is 0 Å². The van der Waals surface area contributed by atoms with Crippen molar-refractivity contribution in [2.75, 3.05) is 19.4 Å². The van der Waals surface area contributed by atoms with Gasteiger partial charge in [0.15, 0.2) is 6.10 Å². The molecule has 0 heterocycles. The fourth-order valence-electron chi connectivity index (χ4n) is 2.17. The SMILES string of the molecule is C[C@H](Oc1cc(F)ccc1[N+](=O)[O-])C(=O)Nc1cccc(S(=O)(=O)N(C)C)c1. The summed E-state index contributed by atoms with van der Waals surface area (Å²) in [4.78, 5) is 22.5. The Kier molecular flexibility index (Phi) is 6.31. The molecule has 0 fully saturated rings. The van der Waals surface area contributed by atoms with Gasteiger partial charge in [-0.05, 0) is 31.2 Å². The molecule has 1 atom stereocenters. The number of benzene rings is 2. The summed E-state index contributed by atoms with van der Waals surface area (Å²) in [7, 11) is -0.935. The lowest BCUT2D eigenvalue weighted by atomic mass is 10.2. The van der Waals surface area contributed by atoms with Crippen molar-refractivity contribution < 1.29 is 27.3 Å². The number of sulfonamides is 1. The fraction of sp³-hybridized carbons (Fsp3) is 0.235. The Labute approximate surface area is 160 Å². The molecule has 0 saturated heterocycles. The highest BCUT2D eigenvalue weighted by atomic mass is 32.2. The van der Waals surface area contributed by atoms with Gasteiger partial charge in [-0.1, -0.05) is 6.07 Å². The number of carbonyl (C=O) groups excluding carboxylic acids is 1. The number of anilines is 1. The zero-order chi connectivity index (χ0) is 21.1. The minimum absolute atomic E-state index is 0.0235. The van der Waals surface area contributed by atoms with Crippen molar-refractivity contribution in [1.29, 1.82) is 0 Å². The zero-order valence-corrected chi connectivity index (χ0v) is 16.1. The molecule has 0 aliphatic carbocycles. The summed E-state index contributed by atoms with van der Waals surface area (Å²) in [6.45, 7) is 1.32. The molecule has 0 bridgehead atoms. The van der Waals surface area contributed by atoms with E-state index in [4.69, 9.17) is 4.74 Å². The minimum atomic E-state index is -3.69. The summed E-state index contributed by atoms with van der Waals surface area (Å²) in [6.07, 6.45) is -1.21. The zero-order valence-electron chi connectivity index (χ0n) is 15.2. The van der Waals surface area contributed by atoms with Gasteiger partial charge in [0.2, 0.25) is 15.8 Å². The molecule has 1 N–H and O–H groups in total. The lowest BCUT2D eigenvalue weighted by Crippen LogP contribution is -2.30. The second-order valence-corrected chi connectivity index (χ2v) is 8.09. The summed E-state index contributed by atoms with van der Waals surface area (Å²) in [5.74, 6) is -1.84. The molecule has 0 saturated carbocycles. The first kappa shape index (κ1) is 21.3. The van der Waals surface area contributed by atoms with Gasteiger partial charge in [-0.3, -0.25) is 14.9 Å². The van der Waals surface area contributed by atoms with Crippen molar-refractivity contribution in [3.8, 4) is 5.75 Å². The highest BCUT2D eigenvalue weighted by Crippen LogP contribution is 2.28. The number of carbonyl (C=O) groups is 1. The van der Waals surface area contributed by atoms with Crippen LogP contribution in [0.25, 0.3) is 0 Å². The summed E-state index contributed by atoms with van der Waals surface area (Å²) in [5, 5.41) is 13.5. The van der Waals surface area contributed by atoms with E-state index in [9.17, 15) is 27.7 Å². The molecule has 0 aliphatic heterocycles. The fourth-order valence-corrected chi connectivity index (χ4v) is 3.11. The van der Waals surface area contributed by atoms with Crippen LogP contribution >= 0.6 is 0 Å². The second kappa shape index (κ2) is 8.31. The van der Waals surface area contributed by atoms with Gasteiger partial charge in [0.05, 0.1) is 9.82 Å². The number of nitrogens with one attached hydrogen (secondary N) is 1. The van der Waals surface area contributed by atoms with Crippen molar-refractivity contribution in [3.63, 3.8) is 0 Å². The summed E-state index contributed by atoms with van der Waals surface area (Å²) in [5.41, 5.74) is -0.294. The Morgan fingerprint density at radius 3 is 2.54 bits per heavy atom. The van der Waals surface area contributed by atoms with Crippen LogP contribution in [-0.2, 0) is 14.8 Å². The third kappa shape index (κ3) is 4.81. The van der Waals surface area contributed by atoms with Crippen LogP contribution in [-0.4, -0.2) is 43.8 Å². The van der Waals surface area contributed by atoms with E-state index in [1.54, 1.807) is 0 Å². The molecule has 150 valence electrons. The Hall–Kier alpha value is -3.05. The summed E-state index contributed by atoms with van der Waals surface area (Å²) in [6, 6.07) is 8.23. The standard InChI is InChI=1S/C17H18FN3O6S/c1-11(27-16-9-12(18)7-8-15(16)21(23)24)17(22)19-13-5-4-6-14(10-13)28(25,26)20(2)3/h4-11H,1-3H3,(H,19,22)/t11-/m0/s1. The lowest BCUT2D eigenvalue weighted by Gasteiger charge is -2.16. The molecular formula is C17H18FN3O6S. The first-order valence-corrected chi connectivity index (χ1v) is 9.40. The van der Waals surface area contributed by atoms with E-state index >= 15 is 0 Å². The Morgan fingerprint density at radius 1 is 1.25 bits per heavy atom. The number of rotatable bonds is 7. The van der Waals surface area contributed by atoms with E-state index in [1.165, 1.54) is 45.3 Å². The Balaban J connectivity index is 2.18. The highest BCUT2D eigenvalue weighted by Gasteiger charge is 2.23. The molecule has 0 aromatic heterocycles. The summed E-state index contributed by atoms with van der Waals surface area (Å²) < 4.78 is 44.0. The topological polar surface area (TPSA) is 119 Å². The van der Waals surface area contributed by atoms with Crippen molar-refractivity contribution in [3.05, 3.63) is 58.4 Å². The van der Waals surface area contributed by atoms with Crippen LogP contribution in [0.5, 0.6) is 5.75 Å². The van der Waals surface area contributed by atoms with Gasteiger partial charge in [0.1, 0.15) is 5.82 Å². The normalized spacial score (nSPS) is 12.5. The third-order valence-corrected chi connectivity index (χ3v) is 5.48. The van der Waals surface area contributed by atoms with Gasteiger partial charge in [0, 0.05) is 31.9 Å². The minimum Gasteiger partial charge on any atom is -0.474 e. The molecule has 2 rings (SSSR count). The largest absolute Gasteiger partial charge is 0.474 e. The van der Waals surface area contributed by atoms with Crippen molar-refractivity contribution in [2.45, 2.75) is 17.9 Å². The molecular weight excluding hydrogens is 393 g/mol. The Morgan fingerprint density at radius 2 is 1.93 bits per heavy atom. The molecule has 11 heteroatoms. The van der Waals surface area contributed by atoms with Crippen LogP contribution in [0.2, 0.25) is 0 Å². The van der Waals surface area contributed by atoms with E-state index in [2.05, 4.69) is 5.32 Å². The number of nitro benzene ring substituents is 1. The smallest absolute Gasteiger partial charge is 0.311 e. The van der Waals surface area contributed by atoms with Gasteiger partial charge in [-0.25, -0.2) is 17.1 Å². The van der Waals surface area contributed by atoms with Crippen molar-refractivity contribution in [1.82, 2.24) is 4.31 Å². The molecule has 0 radical (unpaired) electrons. The van der Waals surface area contributed by atoms with Gasteiger partial charge in [-0.2, -0.15) is 0 Å². The number of nitro groups is 1. The molecule has 9 nitrogen and oxygen atoms in total. The van der Waals surface area contributed by atoms with Crippen LogP contribution in [0.4, 0.5) is 15.8 Å². The first-order chi connectivity index (χ1) is 13.0. The Bertz CT molecular complexity index is 1010. The van der Waals surface area contributed by atoms with Gasteiger partial charge < -0.3 is 10.1 Å². The molecule has 2 aromatic rings. The molecule has 1 amide bonds. The number of ether oxygens (including phenoxy) is 1. The second-order valence-electron chi connectivity index (χ2n) is 5.93. The highest BCUT2D eigenvalue weighted by molar-refractivity contribution is 7.89. The first-order valence-electron chi connectivity index (χ1n) is 7.96. The quantitative estimate of drug-likeness (QED) is 0.552. The van der Waals surface area contributed by atoms with Crippen LogP contribution in [0.1, 0.15) is 6.92 Å². The van der Waals surface area contributed by atoms with Gasteiger partial charge >= 0.3 is 5.69 Å². The molecule has 0 unspecified atom stereocenters. The van der Waals surface area contributed by atoms with E-state index in [-0.39, 0.29) is 10.6 Å². The monoisotopic (exact) mass is 411 g/mol. The average Bonchev–Trinajstić information content (AvgIpc) is 2.61. The molecule has 2 aromatic carbocycles. The number of halogens is 1. The van der Waals surface area contributed by atoms with Crippen LogP contribution in [0, 0.1) is 15.9 Å². The van der Waals surface area contributed by atoms with Crippen LogP contribution in [0.3, 0.4) is 0 Å². The molecule has 0 spiro atoms. The van der Waals surface area contributed by atoms with Crippen molar-refractivity contribution >= 4 is 27.3 Å². The molecule has 0 aliphatic rings. The maximum Gasteiger partial charge on any atom is 0.311 e. The maximum absolute atomic E-state index is 13.4. The number of amides is 1. The van der Waals surface area contributed by atoms with Gasteiger partial charge in [0.25, 0.3) is 5.91 Å². The lowest BCUT2D eigenvalue weighted by molar-refractivity contribution is -0.386. The van der Waals surface area contributed by atoms with Crippen LogP contribution < -0.4 is 10.1 Å². The summed E-state index contributed by atoms with van der Waals surface area (Å²) >= 11 is 0. The number of nitrogens with zero attached hydrogens (tertiary/aromatic N) is 2.